The highest BCUT2D eigenvalue weighted by molar-refractivity contribution is 5.85. The normalized spacial score (nSPS) is 10.7. The molecule has 1 aromatic carbocycles. The largest absolute Gasteiger partial charge is 0.478 e. The summed E-state index contributed by atoms with van der Waals surface area (Å²) < 4.78 is 5.84. The van der Waals surface area contributed by atoms with E-state index >= 15 is 0 Å². The summed E-state index contributed by atoms with van der Waals surface area (Å²) in [6.07, 6.45) is 4.34. The molecule has 0 atom stereocenters. The molecule has 0 aliphatic carbocycles. The average Bonchev–Trinajstić information content (AvgIpc) is 2.42. The van der Waals surface area contributed by atoms with E-state index < -0.39 is 5.97 Å². The molecule has 0 radical (unpaired) electrons. The number of hydrogen-bond acceptors (Lipinski definition) is 3. The molecule has 0 bridgehead atoms. The summed E-state index contributed by atoms with van der Waals surface area (Å²) in [5, 5.41) is 8.64. The van der Waals surface area contributed by atoms with Crippen LogP contribution in [0.15, 0.2) is 42.6 Å². The van der Waals surface area contributed by atoms with E-state index in [1.54, 1.807) is 12.3 Å². The first-order valence-electron chi connectivity index (χ1n) is 6.17. The highest BCUT2D eigenvalue weighted by Gasteiger charge is 2.05. The van der Waals surface area contributed by atoms with Crippen molar-refractivity contribution in [2.24, 2.45) is 0 Å². The number of carboxylic acids is 1. The summed E-state index contributed by atoms with van der Waals surface area (Å²) in [6, 6.07) is 9.20. The predicted octanol–water partition coefficient (Wildman–Crippen LogP) is 3.59. The number of hydrogen-bond donors (Lipinski definition) is 1. The lowest BCUT2D eigenvalue weighted by Gasteiger charge is -2.11. The number of rotatable bonds is 4. The highest BCUT2D eigenvalue weighted by atomic mass is 16.5. The number of aliphatic carboxylic acids is 1. The van der Waals surface area contributed by atoms with Crippen LogP contribution in [-0.2, 0) is 4.79 Å². The van der Waals surface area contributed by atoms with E-state index in [4.69, 9.17) is 9.84 Å². The van der Waals surface area contributed by atoms with E-state index in [-0.39, 0.29) is 0 Å². The van der Waals surface area contributed by atoms with Gasteiger partial charge < -0.3 is 9.84 Å². The number of pyridine rings is 1. The van der Waals surface area contributed by atoms with E-state index in [1.165, 1.54) is 6.08 Å². The van der Waals surface area contributed by atoms with Crippen molar-refractivity contribution in [3.63, 3.8) is 0 Å². The Morgan fingerprint density at radius 2 is 2.05 bits per heavy atom. The molecule has 0 aliphatic rings. The van der Waals surface area contributed by atoms with Gasteiger partial charge in [-0.2, -0.15) is 0 Å². The number of ether oxygens (including phenoxy) is 1. The molecule has 0 spiro atoms. The minimum atomic E-state index is -0.976. The SMILES string of the molecule is Cc1ccc(/C=C/C(=O)O)cc1Oc1cccnc1C. The van der Waals surface area contributed by atoms with E-state index in [2.05, 4.69) is 4.98 Å². The van der Waals surface area contributed by atoms with E-state index in [9.17, 15) is 4.79 Å². The van der Waals surface area contributed by atoms with Crippen LogP contribution in [0.5, 0.6) is 11.5 Å². The van der Waals surface area contributed by atoms with Crippen LogP contribution in [0.3, 0.4) is 0 Å². The molecule has 0 unspecified atom stereocenters. The smallest absolute Gasteiger partial charge is 0.328 e. The van der Waals surface area contributed by atoms with Gasteiger partial charge in [-0.05, 0) is 49.2 Å². The first-order valence-corrected chi connectivity index (χ1v) is 6.17. The number of benzene rings is 1. The third-order valence-electron chi connectivity index (χ3n) is 2.81. The minimum Gasteiger partial charge on any atom is -0.478 e. The summed E-state index contributed by atoms with van der Waals surface area (Å²) in [6.45, 7) is 3.81. The molecule has 0 aliphatic heterocycles. The molecule has 0 saturated carbocycles. The van der Waals surface area contributed by atoms with Crippen molar-refractivity contribution in [3.8, 4) is 11.5 Å². The molecule has 4 heteroatoms. The van der Waals surface area contributed by atoms with Gasteiger partial charge in [-0.1, -0.05) is 12.1 Å². The maximum atomic E-state index is 10.5. The van der Waals surface area contributed by atoms with Gasteiger partial charge in [0.1, 0.15) is 11.5 Å². The number of aromatic nitrogens is 1. The second-order valence-electron chi connectivity index (χ2n) is 4.39. The monoisotopic (exact) mass is 269 g/mol. The predicted molar refractivity (Wildman–Crippen MR) is 76.9 cm³/mol. The van der Waals surface area contributed by atoms with Crippen molar-refractivity contribution in [1.29, 1.82) is 0 Å². The molecule has 2 aromatic rings. The number of carbonyl (C=O) groups is 1. The Bertz CT molecular complexity index is 663. The molecule has 2 rings (SSSR count). The molecule has 0 fully saturated rings. The fourth-order valence-electron chi connectivity index (χ4n) is 1.69. The van der Waals surface area contributed by atoms with Gasteiger partial charge in [-0.3, -0.25) is 4.98 Å². The van der Waals surface area contributed by atoms with E-state index in [1.807, 2.05) is 38.1 Å². The van der Waals surface area contributed by atoms with Gasteiger partial charge >= 0.3 is 5.97 Å². The standard InChI is InChI=1S/C16H15NO3/c1-11-5-6-13(7-8-16(18)19)10-15(11)20-14-4-3-9-17-12(14)2/h3-10H,1-2H3,(H,18,19)/b8-7+. The Morgan fingerprint density at radius 1 is 1.25 bits per heavy atom. The number of aryl methyl sites for hydroxylation is 2. The second kappa shape index (κ2) is 6.02. The molecular formula is C16H15NO3. The van der Waals surface area contributed by atoms with E-state index in [0.29, 0.717) is 11.5 Å². The van der Waals surface area contributed by atoms with Crippen LogP contribution in [0.4, 0.5) is 0 Å². The van der Waals surface area contributed by atoms with Gasteiger partial charge in [0.15, 0.2) is 0 Å². The Morgan fingerprint density at radius 3 is 2.75 bits per heavy atom. The Labute approximate surface area is 117 Å². The third-order valence-corrected chi connectivity index (χ3v) is 2.81. The van der Waals surface area contributed by atoms with Gasteiger partial charge in [0, 0.05) is 12.3 Å². The van der Waals surface area contributed by atoms with Crippen LogP contribution >= 0.6 is 0 Å². The molecule has 4 nitrogen and oxygen atoms in total. The summed E-state index contributed by atoms with van der Waals surface area (Å²) >= 11 is 0. The molecule has 1 aromatic heterocycles. The number of carboxylic acid groups (broad SMARTS) is 1. The van der Waals surface area contributed by atoms with E-state index in [0.717, 1.165) is 22.9 Å². The van der Waals surface area contributed by atoms with Gasteiger partial charge in [0.25, 0.3) is 0 Å². The first kappa shape index (κ1) is 13.8. The third kappa shape index (κ3) is 3.45. The van der Waals surface area contributed by atoms with Crippen LogP contribution in [0.25, 0.3) is 6.08 Å². The average molecular weight is 269 g/mol. The Hall–Kier alpha value is -2.62. The van der Waals surface area contributed by atoms with Crippen molar-refractivity contribution in [2.75, 3.05) is 0 Å². The molecule has 102 valence electrons. The van der Waals surface area contributed by atoms with Crippen LogP contribution in [0.2, 0.25) is 0 Å². The van der Waals surface area contributed by atoms with Crippen LogP contribution in [0, 0.1) is 13.8 Å². The second-order valence-corrected chi connectivity index (χ2v) is 4.39. The first-order chi connectivity index (χ1) is 9.56. The summed E-state index contributed by atoms with van der Waals surface area (Å²) in [7, 11) is 0. The fraction of sp³-hybridized carbons (Fsp3) is 0.125. The van der Waals surface area contributed by atoms with Crippen molar-refractivity contribution in [1.82, 2.24) is 4.98 Å². The Balaban J connectivity index is 2.30. The topological polar surface area (TPSA) is 59.4 Å². The van der Waals surface area contributed by atoms with Crippen LogP contribution in [0.1, 0.15) is 16.8 Å². The van der Waals surface area contributed by atoms with Crippen LogP contribution < -0.4 is 4.74 Å². The lowest BCUT2D eigenvalue weighted by Crippen LogP contribution is -1.92. The van der Waals surface area contributed by atoms with Crippen molar-refractivity contribution < 1.29 is 14.6 Å². The van der Waals surface area contributed by atoms with Gasteiger partial charge in [-0.15, -0.1) is 0 Å². The maximum absolute atomic E-state index is 10.5. The summed E-state index contributed by atoms with van der Waals surface area (Å²) in [5.74, 6) is 0.403. The van der Waals surface area contributed by atoms with Gasteiger partial charge in [0.2, 0.25) is 0 Å². The Kier molecular flexibility index (Phi) is 4.15. The minimum absolute atomic E-state index is 0.689. The lowest BCUT2D eigenvalue weighted by atomic mass is 10.1. The maximum Gasteiger partial charge on any atom is 0.328 e. The van der Waals surface area contributed by atoms with Gasteiger partial charge in [0.05, 0.1) is 5.69 Å². The molecule has 1 N–H and O–H groups in total. The number of nitrogens with zero attached hydrogens (tertiary/aromatic N) is 1. The summed E-state index contributed by atoms with van der Waals surface area (Å²) in [4.78, 5) is 14.7. The van der Waals surface area contributed by atoms with Crippen LogP contribution in [-0.4, -0.2) is 16.1 Å². The molecular weight excluding hydrogens is 254 g/mol. The fourth-order valence-corrected chi connectivity index (χ4v) is 1.69. The quantitative estimate of drug-likeness (QED) is 0.862. The van der Waals surface area contributed by atoms with Crippen molar-refractivity contribution in [3.05, 3.63) is 59.4 Å². The summed E-state index contributed by atoms with van der Waals surface area (Å²) in [5.41, 5.74) is 2.55. The molecule has 0 saturated heterocycles. The lowest BCUT2D eigenvalue weighted by molar-refractivity contribution is -0.131. The van der Waals surface area contributed by atoms with Gasteiger partial charge in [-0.25, -0.2) is 4.79 Å². The highest BCUT2D eigenvalue weighted by Crippen LogP contribution is 2.27. The molecule has 0 amide bonds. The zero-order valence-electron chi connectivity index (χ0n) is 11.3. The van der Waals surface area contributed by atoms with Crippen molar-refractivity contribution in [2.45, 2.75) is 13.8 Å². The molecule has 1 heterocycles. The van der Waals surface area contributed by atoms with Crippen molar-refractivity contribution >= 4 is 12.0 Å². The zero-order valence-corrected chi connectivity index (χ0v) is 11.3. The zero-order chi connectivity index (χ0) is 14.5. The molecule has 20 heavy (non-hydrogen) atoms.